The molecule has 32 heavy (non-hydrogen) atoms. The topological polar surface area (TPSA) is 90.5 Å². The molecule has 0 bridgehead atoms. The zero-order valence-corrected chi connectivity index (χ0v) is 18.8. The summed E-state index contributed by atoms with van der Waals surface area (Å²) in [7, 11) is 0. The first-order chi connectivity index (χ1) is 15.3. The van der Waals surface area contributed by atoms with Crippen molar-refractivity contribution in [3.05, 3.63) is 64.7 Å². The number of hydrogen-bond acceptors (Lipinski definition) is 4. The van der Waals surface area contributed by atoms with Crippen LogP contribution < -0.4 is 16.0 Å². The van der Waals surface area contributed by atoms with E-state index in [0.717, 1.165) is 22.4 Å². The maximum Gasteiger partial charge on any atom is 0.255 e. The number of fused-ring (bicyclic) bond motifs is 1. The molecule has 7 heteroatoms. The second-order valence-electron chi connectivity index (χ2n) is 8.87. The summed E-state index contributed by atoms with van der Waals surface area (Å²) in [4.78, 5) is 40.1. The Hall–Kier alpha value is -3.35. The molecule has 168 valence electrons. The van der Waals surface area contributed by atoms with E-state index in [1.54, 1.807) is 11.8 Å². The Morgan fingerprint density at radius 1 is 1.12 bits per heavy atom. The van der Waals surface area contributed by atoms with Crippen LogP contribution in [0.25, 0.3) is 0 Å². The molecule has 0 aliphatic carbocycles. The molecule has 3 amide bonds. The fourth-order valence-corrected chi connectivity index (χ4v) is 4.50. The summed E-state index contributed by atoms with van der Waals surface area (Å²) in [6.45, 7) is 6.56. The number of likely N-dealkylation sites (tertiary alicyclic amines) is 1. The van der Waals surface area contributed by atoms with Gasteiger partial charge in [0.25, 0.3) is 5.91 Å². The molecule has 2 aromatic carbocycles. The molecule has 0 radical (unpaired) electrons. The lowest BCUT2D eigenvalue weighted by Gasteiger charge is -2.40. The van der Waals surface area contributed by atoms with Gasteiger partial charge in [-0.05, 0) is 56.0 Å². The number of nitrogens with one attached hydrogen (secondary N) is 3. The second kappa shape index (κ2) is 8.65. The van der Waals surface area contributed by atoms with E-state index in [-0.39, 0.29) is 24.1 Å². The molecule has 7 nitrogen and oxygen atoms in total. The quantitative estimate of drug-likeness (QED) is 0.690. The van der Waals surface area contributed by atoms with E-state index in [1.807, 2.05) is 56.3 Å². The van der Waals surface area contributed by atoms with Crippen molar-refractivity contribution < 1.29 is 14.4 Å². The van der Waals surface area contributed by atoms with Crippen LogP contribution in [0, 0.1) is 13.8 Å². The van der Waals surface area contributed by atoms with E-state index < -0.39 is 11.7 Å². The van der Waals surface area contributed by atoms with Crippen molar-refractivity contribution in [2.45, 2.75) is 58.3 Å². The van der Waals surface area contributed by atoms with Gasteiger partial charge in [-0.2, -0.15) is 0 Å². The summed E-state index contributed by atoms with van der Waals surface area (Å²) >= 11 is 0. The Kier molecular flexibility index (Phi) is 5.91. The molecule has 3 N–H and O–H groups in total. The standard InChI is InChI=1S/C25H30N4O3/c1-16-8-9-20-21(14-16)27-25(28-24(20)32)11-10-22(30)29(13-12-25)18(3)23(31)26-15-19-7-5-4-6-17(19)2/h4-9,14,18,27H,10-13,15H2,1-3H3,(H,26,31)(H,28,32)/t18-,25-/m1/s1. The molecule has 4 rings (SSSR count). The van der Waals surface area contributed by atoms with Gasteiger partial charge in [-0.1, -0.05) is 30.3 Å². The predicted octanol–water partition coefficient (Wildman–Crippen LogP) is 2.87. The number of anilines is 1. The van der Waals surface area contributed by atoms with Gasteiger partial charge >= 0.3 is 0 Å². The Morgan fingerprint density at radius 2 is 1.91 bits per heavy atom. The number of hydrogen-bond donors (Lipinski definition) is 3. The van der Waals surface area contributed by atoms with Crippen LogP contribution in [0.3, 0.4) is 0 Å². The largest absolute Gasteiger partial charge is 0.362 e. The Bertz CT molecular complexity index is 1070. The number of nitrogens with zero attached hydrogens (tertiary/aromatic N) is 1. The Labute approximate surface area is 188 Å². The predicted molar refractivity (Wildman–Crippen MR) is 123 cm³/mol. The number of aryl methyl sites for hydroxylation is 2. The van der Waals surface area contributed by atoms with Crippen LogP contribution in [0.4, 0.5) is 5.69 Å². The van der Waals surface area contributed by atoms with Gasteiger partial charge in [-0.3, -0.25) is 14.4 Å². The summed E-state index contributed by atoms with van der Waals surface area (Å²) in [5.74, 6) is -0.394. The first-order valence-corrected chi connectivity index (χ1v) is 11.1. The molecule has 0 unspecified atom stereocenters. The molecule has 1 fully saturated rings. The van der Waals surface area contributed by atoms with Crippen LogP contribution in [0.1, 0.15) is 53.2 Å². The van der Waals surface area contributed by atoms with Gasteiger partial charge in [0.1, 0.15) is 11.7 Å². The van der Waals surface area contributed by atoms with Gasteiger partial charge in [0.05, 0.1) is 5.56 Å². The average molecular weight is 435 g/mol. The molecule has 0 saturated carbocycles. The monoisotopic (exact) mass is 434 g/mol. The van der Waals surface area contributed by atoms with Crippen LogP contribution in [-0.4, -0.2) is 40.9 Å². The number of benzene rings is 2. The lowest BCUT2D eigenvalue weighted by molar-refractivity contribution is -0.139. The van der Waals surface area contributed by atoms with Crippen LogP contribution in [0.15, 0.2) is 42.5 Å². The highest BCUT2D eigenvalue weighted by Gasteiger charge is 2.41. The zero-order chi connectivity index (χ0) is 22.9. The molecule has 2 atom stereocenters. The van der Waals surface area contributed by atoms with Crippen LogP contribution >= 0.6 is 0 Å². The highest BCUT2D eigenvalue weighted by molar-refractivity contribution is 6.02. The molecule has 0 aromatic heterocycles. The molecule has 2 aromatic rings. The van der Waals surface area contributed by atoms with Gasteiger partial charge in [0.15, 0.2) is 0 Å². The maximum absolute atomic E-state index is 12.9. The number of carbonyl (C=O) groups excluding carboxylic acids is 3. The smallest absolute Gasteiger partial charge is 0.255 e. The first-order valence-electron chi connectivity index (χ1n) is 11.1. The fourth-order valence-electron chi connectivity index (χ4n) is 4.50. The SMILES string of the molecule is Cc1ccc2c(c1)N[C@]1(CCC(=O)N([C@H](C)C(=O)NCc3ccccc3C)CC1)NC2=O. The molecule has 2 aliphatic heterocycles. The van der Waals surface area contributed by atoms with E-state index in [2.05, 4.69) is 16.0 Å². The normalized spacial score (nSPS) is 21.3. The van der Waals surface area contributed by atoms with Crippen molar-refractivity contribution in [2.75, 3.05) is 11.9 Å². The van der Waals surface area contributed by atoms with E-state index in [1.165, 1.54) is 0 Å². The summed E-state index contributed by atoms with van der Waals surface area (Å²) in [5.41, 5.74) is 3.93. The number of carbonyl (C=O) groups is 3. The second-order valence-corrected chi connectivity index (χ2v) is 8.87. The lowest BCUT2D eigenvalue weighted by atomic mass is 9.94. The third-order valence-electron chi connectivity index (χ3n) is 6.57. The number of amides is 3. The van der Waals surface area contributed by atoms with Crippen molar-refractivity contribution in [3.8, 4) is 0 Å². The third-order valence-corrected chi connectivity index (χ3v) is 6.57. The van der Waals surface area contributed by atoms with Crippen LogP contribution in [0.5, 0.6) is 0 Å². The molecular formula is C25H30N4O3. The minimum atomic E-state index is -0.695. The van der Waals surface area contributed by atoms with E-state index >= 15 is 0 Å². The Balaban J connectivity index is 1.44. The van der Waals surface area contributed by atoms with E-state index in [9.17, 15) is 14.4 Å². The van der Waals surface area contributed by atoms with Gasteiger partial charge in [-0.25, -0.2) is 0 Å². The Morgan fingerprint density at radius 3 is 2.69 bits per heavy atom. The molecule has 1 spiro atoms. The van der Waals surface area contributed by atoms with Crippen LogP contribution in [-0.2, 0) is 16.1 Å². The minimum absolute atomic E-state index is 0.0773. The van der Waals surface area contributed by atoms with Crippen LogP contribution in [0.2, 0.25) is 0 Å². The molecule has 2 aliphatic rings. The lowest BCUT2D eigenvalue weighted by Crippen LogP contribution is -2.58. The first kappa shape index (κ1) is 21.9. The van der Waals surface area contributed by atoms with Gasteiger partial charge in [0.2, 0.25) is 11.8 Å². The van der Waals surface area contributed by atoms with E-state index in [4.69, 9.17) is 0 Å². The molecule has 1 saturated heterocycles. The average Bonchev–Trinajstić information content (AvgIpc) is 2.91. The van der Waals surface area contributed by atoms with Crippen molar-refractivity contribution in [1.82, 2.24) is 15.5 Å². The fraction of sp³-hybridized carbons (Fsp3) is 0.400. The maximum atomic E-state index is 12.9. The zero-order valence-electron chi connectivity index (χ0n) is 18.8. The summed E-state index contributed by atoms with van der Waals surface area (Å²) < 4.78 is 0. The molecular weight excluding hydrogens is 404 g/mol. The highest BCUT2D eigenvalue weighted by Crippen LogP contribution is 2.32. The highest BCUT2D eigenvalue weighted by atomic mass is 16.2. The minimum Gasteiger partial charge on any atom is -0.362 e. The summed E-state index contributed by atoms with van der Waals surface area (Å²) in [6, 6.07) is 13.0. The van der Waals surface area contributed by atoms with Gasteiger partial charge < -0.3 is 20.9 Å². The van der Waals surface area contributed by atoms with Crippen molar-refractivity contribution in [2.24, 2.45) is 0 Å². The van der Waals surface area contributed by atoms with Gasteiger partial charge in [-0.15, -0.1) is 0 Å². The summed E-state index contributed by atoms with van der Waals surface area (Å²) in [6.07, 6.45) is 1.25. The van der Waals surface area contributed by atoms with Crippen molar-refractivity contribution >= 4 is 23.4 Å². The summed E-state index contributed by atoms with van der Waals surface area (Å²) in [5, 5.41) is 9.51. The number of rotatable bonds is 4. The molecule has 2 heterocycles. The van der Waals surface area contributed by atoms with E-state index in [0.29, 0.717) is 31.5 Å². The van der Waals surface area contributed by atoms with Gasteiger partial charge in [0, 0.05) is 31.6 Å². The van der Waals surface area contributed by atoms with Crippen molar-refractivity contribution in [3.63, 3.8) is 0 Å². The third kappa shape index (κ3) is 4.33. The van der Waals surface area contributed by atoms with Crippen molar-refractivity contribution in [1.29, 1.82) is 0 Å².